The summed E-state index contributed by atoms with van der Waals surface area (Å²) in [4.78, 5) is 35.3. The highest BCUT2D eigenvalue weighted by molar-refractivity contribution is 6.31. The van der Waals surface area contributed by atoms with E-state index in [0.29, 0.717) is 45.9 Å². The Bertz CT molecular complexity index is 1180. The van der Waals surface area contributed by atoms with E-state index < -0.39 is 11.9 Å². The quantitative estimate of drug-likeness (QED) is 0.404. The molecule has 0 aliphatic carbocycles. The van der Waals surface area contributed by atoms with Gasteiger partial charge in [-0.3, -0.25) is 9.59 Å². The standard InChI is InChI=1S/C24H23ClN4O3/c1-2-3-22(30)29-21-13-18(25)6-9-20(21)16-10-15(11-17(12-16)23(26)31)14-4-7-19(8-5-14)28-24(27)32/h4-13H,2-3H2,1H3,(H2,26,31)(H,29,30)(H3,27,28,32). The minimum absolute atomic E-state index is 0.125. The maximum atomic E-state index is 12.2. The molecule has 8 heteroatoms. The van der Waals surface area contributed by atoms with Gasteiger partial charge in [-0.25, -0.2) is 4.79 Å². The summed E-state index contributed by atoms with van der Waals surface area (Å²) in [5.41, 5.74) is 15.1. The van der Waals surface area contributed by atoms with Crippen LogP contribution in [0.25, 0.3) is 22.3 Å². The normalized spacial score (nSPS) is 10.4. The van der Waals surface area contributed by atoms with Gasteiger partial charge in [-0.2, -0.15) is 0 Å². The largest absolute Gasteiger partial charge is 0.366 e. The Morgan fingerprint density at radius 3 is 2.16 bits per heavy atom. The lowest BCUT2D eigenvalue weighted by atomic mass is 9.95. The average molecular weight is 451 g/mol. The second-order valence-electron chi connectivity index (χ2n) is 7.22. The van der Waals surface area contributed by atoms with Crippen LogP contribution in [0.15, 0.2) is 60.7 Å². The van der Waals surface area contributed by atoms with Crippen LogP contribution in [0.3, 0.4) is 0 Å². The topological polar surface area (TPSA) is 127 Å². The SMILES string of the molecule is CCCC(=O)Nc1cc(Cl)ccc1-c1cc(C(N)=O)cc(-c2ccc(NC(N)=O)cc2)c1. The number of nitrogens with one attached hydrogen (secondary N) is 2. The molecule has 0 radical (unpaired) electrons. The summed E-state index contributed by atoms with van der Waals surface area (Å²) in [6, 6.07) is 16.8. The molecule has 0 fully saturated rings. The molecular weight excluding hydrogens is 428 g/mol. The Kier molecular flexibility index (Phi) is 7.12. The summed E-state index contributed by atoms with van der Waals surface area (Å²) >= 11 is 6.16. The van der Waals surface area contributed by atoms with Crippen molar-refractivity contribution in [2.75, 3.05) is 10.6 Å². The van der Waals surface area contributed by atoms with E-state index in [1.54, 1.807) is 54.6 Å². The first-order valence-corrected chi connectivity index (χ1v) is 10.4. The van der Waals surface area contributed by atoms with Gasteiger partial charge in [0, 0.05) is 28.3 Å². The van der Waals surface area contributed by atoms with E-state index in [9.17, 15) is 14.4 Å². The zero-order valence-electron chi connectivity index (χ0n) is 17.4. The second-order valence-corrected chi connectivity index (χ2v) is 7.65. The van der Waals surface area contributed by atoms with Crippen LogP contribution in [0.4, 0.5) is 16.2 Å². The molecule has 0 heterocycles. The highest BCUT2D eigenvalue weighted by Gasteiger charge is 2.14. The highest BCUT2D eigenvalue weighted by Crippen LogP contribution is 2.34. The molecule has 0 aliphatic rings. The lowest BCUT2D eigenvalue weighted by molar-refractivity contribution is -0.116. The fourth-order valence-electron chi connectivity index (χ4n) is 3.29. The number of hydrogen-bond acceptors (Lipinski definition) is 3. The lowest BCUT2D eigenvalue weighted by Gasteiger charge is -2.14. The third kappa shape index (κ3) is 5.65. The van der Waals surface area contributed by atoms with Crippen molar-refractivity contribution in [3.63, 3.8) is 0 Å². The van der Waals surface area contributed by atoms with Crippen molar-refractivity contribution in [1.29, 1.82) is 0 Å². The molecule has 6 N–H and O–H groups in total. The van der Waals surface area contributed by atoms with E-state index in [1.165, 1.54) is 0 Å². The molecule has 0 aromatic heterocycles. The van der Waals surface area contributed by atoms with Gasteiger partial charge in [0.2, 0.25) is 11.8 Å². The van der Waals surface area contributed by atoms with E-state index >= 15 is 0 Å². The Morgan fingerprint density at radius 2 is 1.53 bits per heavy atom. The number of benzene rings is 3. The fourth-order valence-corrected chi connectivity index (χ4v) is 3.46. The number of nitrogens with two attached hydrogens (primary N) is 2. The van der Waals surface area contributed by atoms with Gasteiger partial charge < -0.3 is 22.1 Å². The van der Waals surface area contributed by atoms with Crippen molar-refractivity contribution in [3.05, 3.63) is 71.2 Å². The number of anilines is 2. The third-order valence-corrected chi connectivity index (χ3v) is 4.98. The van der Waals surface area contributed by atoms with Crippen molar-refractivity contribution in [2.45, 2.75) is 19.8 Å². The van der Waals surface area contributed by atoms with Crippen molar-refractivity contribution in [3.8, 4) is 22.3 Å². The first-order valence-electron chi connectivity index (χ1n) is 9.98. The van der Waals surface area contributed by atoms with E-state index in [2.05, 4.69) is 10.6 Å². The number of hydrogen-bond donors (Lipinski definition) is 4. The molecule has 164 valence electrons. The average Bonchev–Trinajstić information content (AvgIpc) is 2.74. The Balaban J connectivity index is 2.08. The Hall–Kier alpha value is -3.84. The van der Waals surface area contributed by atoms with Crippen LogP contribution < -0.4 is 22.1 Å². The van der Waals surface area contributed by atoms with Gasteiger partial charge in [-0.15, -0.1) is 0 Å². The predicted molar refractivity (Wildman–Crippen MR) is 128 cm³/mol. The molecule has 0 atom stereocenters. The minimum atomic E-state index is -0.656. The number of carbonyl (C=O) groups is 3. The highest BCUT2D eigenvalue weighted by atomic mass is 35.5. The van der Waals surface area contributed by atoms with E-state index in [0.717, 1.165) is 11.1 Å². The molecule has 4 amide bonds. The molecule has 0 bridgehead atoms. The summed E-state index contributed by atoms with van der Waals surface area (Å²) in [6.07, 6.45) is 1.09. The van der Waals surface area contributed by atoms with Crippen LogP contribution in [0.5, 0.6) is 0 Å². The smallest absolute Gasteiger partial charge is 0.316 e. The molecule has 0 spiro atoms. The van der Waals surface area contributed by atoms with Crippen LogP contribution in [-0.2, 0) is 4.79 Å². The Morgan fingerprint density at radius 1 is 0.844 bits per heavy atom. The summed E-state index contributed by atoms with van der Waals surface area (Å²) in [6.45, 7) is 1.92. The van der Waals surface area contributed by atoms with E-state index in [4.69, 9.17) is 23.1 Å². The molecule has 3 aromatic carbocycles. The molecule has 0 aliphatic heterocycles. The number of amides is 4. The van der Waals surface area contributed by atoms with Gasteiger partial charge in [0.25, 0.3) is 0 Å². The van der Waals surface area contributed by atoms with E-state index in [1.807, 2.05) is 13.0 Å². The summed E-state index contributed by atoms with van der Waals surface area (Å²) in [7, 11) is 0. The maximum absolute atomic E-state index is 12.2. The van der Waals surface area contributed by atoms with Crippen molar-refractivity contribution in [1.82, 2.24) is 0 Å². The third-order valence-electron chi connectivity index (χ3n) is 4.75. The van der Waals surface area contributed by atoms with Crippen molar-refractivity contribution >= 4 is 40.8 Å². The van der Waals surface area contributed by atoms with Crippen molar-refractivity contribution < 1.29 is 14.4 Å². The monoisotopic (exact) mass is 450 g/mol. The molecule has 0 saturated heterocycles. The van der Waals surface area contributed by atoms with Crippen LogP contribution in [0, 0.1) is 0 Å². The Labute approximate surface area is 190 Å². The number of carbonyl (C=O) groups excluding carboxylic acids is 3. The number of rotatable bonds is 7. The fraction of sp³-hybridized carbons (Fsp3) is 0.125. The predicted octanol–water partition coefficient (Wildman–Crippen LogP) is 5.00. The maximum Gasteiger partial charge on any atom is 0.316 e. The molecule has 3 aromatic rings. The van der Waals surface area contributed by atoms with Crippen LogP contribution in [0.2, 0.25) is 5.02 Å². The molecule has 32 heavy (non-hydrogen) atoms. The van der Waals surface area contributed by atoms with Gasteiger partial charge in [0.05, 0.1) is 5.69 Å². The van der Waals surface area contributed by atoms with E-state index in [-0.39, 0.29) is 5.91 Å². The molecule has 0 saturated carbocycles. The zero-order valence-corrected chi connectivity index (χ0v) is 18.2. The van der Waals surface area contributed by atoms with Gasteiger partial charge in [-0.1, -0.05) is 36.7 Å². The summed E-state index contributed by atoms with van der Waals surface area (Å²) in [5.74, 6) is -0.703. The van der Waals surface area contributed by atoms with Gasteiger partial charge in [0.15, 0.2) is 0 Å². The van der Waals surface area contributed by atoms with Gasteiger partial charge in [-0.05, 0) is 65.6 Å². The van der Waals surface area contributed by atoms with Crippen LogP contribution >= 0.6 is 11.6 Å². The van der Waals surface area contributed by atoms with Gasteiger partial charge in [0.1, 0.15) is 0 Å². The van der Waals surface area contributed by atoms with Crippen LogP contribution in [-0.4, -0.2) is 17.8 Å². The lowest BCUT2D eigenvalue weighted by Crippen LogP contribution is -2.19. The number of urea groups is 1. The summed E-state index contributed by atoms with van der Waals surface area (Å²) in [5, 5.41) is 5.87. The molecule has 7 nitrogen and oxygen atoms in total. The number of primary amides is 2. The number of halogens is 1. The molecule has 3 rings (SSSR count). The molecule has 0 unspecified atom stereocenters. The van der Waals surface area contributed by atoms with Crippen LogP contribution in [0.1, 0.15) is 30.1 Å². The zero-order chi connectivity index (χ0) is 23.3. The first kappa shape index (κ1) is 22.8. The minimum Gasteiger partial charge on any atom is -0.366 e. The van der Waals surface area contributed by atoms with Crippen molar-refractivity contribution in [2.24, 2.45) is 11.5 Å². The summed E-state index contributed by atoms with van der Waals surface area (Å²) < 4.78 is 0. The molecular formula is C24H23ClN4O3. The first-order chi connectivity index (χ1) is 15.3. The second kappa shape index (κ2) is 9.98. The van der Waals surface area contributed by atoms with Gasteiger partial charge >= 0.3 is 6.03 Å².